The number of nitrogens with one attached hydrogen (secondary N) is 2. The molecule has 2 heterocycles. The van der Waals surface area contributed by atoms with E-state index in [1.165, 1.54) is 24.4 Å². The second-order valence-electron chi connectivity index (χ2n) is 4.58. The molecule has 0 spiro atoms. The van der Waals surface area contributed by atoms with Gasteiger partial charge < -0.3 is 19.9 Å². The minimum Gasteiger partial charge on any atom is -0.447 e. The summed E-state index contributed by atoms with van der Waals surface area (Å²) >= 11 is 0. The lowest BCUT2D eigenvalue weighted by atomic mass is 10.0. The van der Waals surface area contributed by atoms with Crippen molar-refractivity contribution in [1.29, 1.82) is 0 Å². The molecule has 1 aliphatic rings. The fraction of sp³-hybridized carbons (Fsp3) is 0.438. The highest BCUT2D eigenvalue weighted by Gasteiger charge is 2.22. The minimum atomic E-state index is -2.95. The molecule has 3 rings (SSSR count). The fourth-order valence-corrected chi connectivity index (χ4v) is 2.06. The number of hydrogen-bond donors (Lipinski definition) is 2. The molecule has 0 saturated carbocycles. The third kappa shape index (κ3) is 3.19. The van der Waals surface area contributed by atoms with Gasteiger partial charge in [0.05, 0.1) is 10.1 Å². The zero-order valence-corrected chi connectivity index (χ0v) is 11.3. The van der Waals surface area contributed by atoms with Crippen LogP contribution in [0.15, 0.2) is 24.4 Å². The molecule has 1 saturated heterocycles. The van der Waals surface area contributed by atoms with Crippen LogP contribution in [0.2, 0.25) is 0 Å². The fourth-order valence-electron chi connectivity index (χ4n) is 2.06. The van der Waals surface area contributed by atoms with E-state index >= 15 is 0 Å². The van der Waals surface area contributed by atoms with Crippen LogP contribution >= 0.6 is 0 Å². The average Bonchev–Trinajstić information content (AvgIpc) is 3.10. The molecule has 5 nitrogen and oxygen atoms in total. The van der Waals surface area contributed by atoms with Crippen molar-refractivity contribution in [3.63, 3.8) is 0 Å². The third-order valence-corrected chi connectivity index (χ3v) is 3.02. The number of rotatable bonds is 5. The molecule has 0 unspecified atom stereocenters. The Morgan fingerprint density at radius 1 is 1.67 bits per heavy atom. The molecule has 0 bridgehead atoms. The van der Waals surface area contributed by atoms with E-state index in [4.69, 9.17) is 13.7 Å². The van der Waals surface area contributed by atoms with E-state index in [1.807, 2.05) is 5.32 Å². The molecule has 2 aromatic rings. The first-order valence-electron chi connectivity index (χ1n) is 11.3. The summed E-state index contributed by atoms with van der Waals surface area (Å²) in [6.07, 6.45) is -2.85. The maximum Gasteiger partial charge on any atom is 0.407 e. The number of carbonyl (C=O) groups excluding carboxylic acids is 1. The SMILES string of the molecule is [2H]C([2H])([2H])N(C)C([2H])([2H])Cc1c[nH]c2ccc(C([2H])([2H])[C@]3([2H])NC(=O)OC3([2H])[2H])cc12. The molecule has 112 valence electrons. The van der Waals surface area contributed by atoms with Gasteiger partial charge in [0.1, 0.15) is 6.56 Å². The molecule has 1 aromatic carbocycles. The summed E-state index contributed by atoms with van der Waals surface area (Å²) < 4.78 is 83.8. The summed E-state index contributed by atoms with van der Waals surface area (Å²) in [4.78, 5) is 15.1. The van der Waals surface area contributed by atoms with Gasteiger partial charge in [0.2, 0.25) is 0 Å². The highest BCUT2D eigenvalue weighted by Crippen LogP contribution is 2.21. The summed E-state index contributed by atoms with van der Waals surface area (Å²) in [5.41, 5.74) is 0.730. The second kappa shape index (κ2) is 5.77. The number of fused-ring (bicyclic) bond motifs is 1. The molecular weight excluding hydrogens is 266 g/mol. The lowest BCUT2D eigenvalue weighted by Crippen LogP contribution is -2.28. The van der Waals surface area contributed by atoms with Crippen molar-refractivity contribution in [2.24, 2.45) is 0 Å². The van der Waals surface area contributed by atoms with Gasteiger partial charge >= 0.3 is 6.09 Å². The zero-order valence-electron chi connectivity index (χ0n) is 21.3. The van der Waals surface area contributed by atoms with Crippen LogP contribution in [0.1, 0.15) is 24.8 Å². The van der Waals surface area contributed by atoms with Crippen LogP contribution < -0.4 is 5.32 Å². The molecule has 0 aliphatic carbocycles. The lowest BCUT2D eigenvalue weighted by molar-refractivity contribution is 0.177. The summed E-state index contributed by atoms with van der Waals surface area (Å²) in [6, 6.07) is 1.34. The Morgan fingerprint density at radius 2 is 2.57 bits per heavy atom. The van der Waals surface area contributed by atoms with Crippen LogP contribution in [0.4, 0.5) is 4.79 Å². The molecule has 1 aliphatic heterocycles. The number of aromatic amines is 1. The Hall–Kier alpha value is -2.01. The lowest BCUT2D eigenvalue weighted by Gasteiger charge is -2.09. The minimum absolute atomic E-state index is 0.143. The molecule has 1 fully saturated rings. The van der Waals surface area contributed by atoms with Crippen molar-refractivity contribution in [1.82, 2.24) is 15.2 Å². The smallest absolute Gasteiger partial charge is 0.407 e. The molecule has 1 amide bonds. The first kappa shape index (κ1) is 6.40. The van der Waals surface area contributed by atoms with Gasteiger partial charge in [-0.25, -0.2) is 4.79 Å². The highest BCUT2D eigenvalue weighted by molar-refractivity contribution is 5.84. The summed E-state index contributed by atoms with van der Waals surface area (Å²) in [7, 11) is 1.14. The van der Waals surface area contributed by atoms with Crippen molar-refractivity contribution in [3.8, 4) is 0 Å². The predicted molar refractivity (Wildman–Crippen MR) is 82.5 cm³/mol. The molecular formula is C16H21N3O2. The topological polar surface area (TPSA) is 57.4 Å². The number of aryl methyl sites for hydroxylation is 1. The van der Waals surface area contributed by atoms with Gasteiger partial charge in [0.25, 0.3) is 0 Å². The number of alkyl carbamates (subject to hydrolysis) is 1. The summed E-state index contributed by atoms with van der Waals surface area (Å²) in [6.45, 7) is -7.87. The third-order valence-electron chi connectivity index (χ3n) is 3.02. The van der Waals surface area contributed by atoms with Crippen LogP contribution in [0.5, 0.6) is 0 Å². The number of aromatic nitrogens is 1. The zero-order chi connectivity index (χ0) is 23.6. The van der Waals surface area contributed by atoms with Crippen molar-refractivity contribution >= 4 is 17.0 Å². The van der Waals surface area contributed by atoms with Gasteiger partial charge in [-0.15, -0.1) is 0 Å². The maximum absolute atomic E-state index is 11.5. The number of H-pyrrole nitrogens is 1. The van der Waals surface area contributed by atoms with Crippen LogP contribution in [0.25, 0.3) is 10.9 Å². The van der Waals surface area contributed by atoms with E-state index in [1.54, 1.807) is 0 Å². The van der Waals surface area contributed by atoms with Gasteiger partial charge in [-0.3, -0.25) is 0 Å². The van der Waals surface area contributed by atoms with E-state index < -0.39 is 38.5 Å². The number of carbonyl (C=O) groups is 1. The Morgan fingerprint density at radius 3 is 3.33 bits per heavy atom. The van der Waals surface area contributed by atoms with Crippen LogP contribution in [0, 0.1) is 0 Å². The Labute approximate surface area is 138 Å². The first-order chi connectivity index (χ1) is 13.9. The van der Waals surface area contributed by atoms with E-state index in [2.05, 4.69) is 9.72 Å². The van der Waals surface area contributed by atoms with Crippen molar-refractivity contribution < 1.29 is 23.2 Å². The molecule has 1 atom stereocenters. The molecule has 2 N–H and O–H groups in total. The van der Waals surface area contributed by atoms with E-state index in [9.17, 15) is 4.79 Å². The molecule has 0 radical (unpaired) electrons. The van der Waals surface area contributed by atoms with Crippen molar-refractivity contribution in [2.75, 3.05) is 27.1 Å². The standard InChI is InChI=1S/C16H21N3O2/c1-19(2)6-5-12-9-17-15-4-3-11(8-14(12)15)7-13-10-21-16(20)18-13/h3-4,8-9,13,17H,5-7,10H2,1-2H3,(H,18,20)/t13-/m0/s1/i1D3,6D2,7D2,10D2,13D. The first-order valence-corrected chi connectivity index (χ1v) is 6.28. The number of nitrogens with zero attached hydrogens (tertiary/aromatic N) is 1. The Bertz CT molecular complexity index is 1020. The number of cyclic esters (lactones) is 1. The van der Waals surface area contributed by atoms with Gasteiger partial charge in [-0.1, -0.05) is 6.07 Å². The van der Waals surface area contributed by atoms with Gasteiger partial charge in [0.15, 0.2) is 0 Å². The average molecular weight is 297 g/mol. The monoisotopic (exact) mass is 297 g/mol. The Balaban J connectivity index is 2.03. The normalized spacial score (nSPS) is 33.1. The molecule has 1 aromatic heterocycles. The summed E-state index contributed by atoms with van der Waals surface area (Å²) in [5.74, 6) is 0. The van der Waals surface area contributed by atoms with Crippen molar-refractivity contribution in [3.05, 3.63) is 35.5 Å². The highest BCUT2D eigenvalue weighted by atomic mass is 16.6. The number of hydrogen-bond acceptors (Lipinski definition) is 3. The van der Waals surface area contributed by atoms with Crippen molar-refractivity contribution in [2.45, 2.75) is 18.8 Å². The van der Waals surface area contributed by atoms with Gasteiger partial charge in [-0.05, 0) is 50.1 Å². The van der Waals surface area contributed by atoms with E-state index in [0.29, 0.717) is 21.4 Å². The largest absolute Gasteiger partial charge is 0.447 e. The van der Waals surface area contributed by atoms with Crippen LogP contribution in [-0.2, 0) is 17.5 Å². The second-order valence-corrected chi connectivity index (χ2v) is 4.58. The van der Waals surface area contributed by atoms with Gasteiger partial charge in [-0.2, -0.15) is 0 Å². The maximum atomic E-state index is 11.5. The number of benzene rings is 1. The van der Waals surface area contributed by atoms with Crippen LogP contribution in [-0.4, -0.2) is 49.1 Å². The quantitative estimate of drug-likeness (QED) is 0.886. The van der Waals surface area contributed by atoms with Crippen LogP contribution in [0.3, 0.4) is 0 Å². The number of likely N-dealkylation sites (N-methyl/N-ethyl adjacent to an activating group) is 1. The van der Waals surface area contributed by atoms with E-state index in [-0.39, 0.29) is 12.0 Å². The van der Waals surface area contributed by atoms with E-state index in [0.717, 1.165) is 7.05 Å². The predicted octanol–water partition coefficient (Wildman–Crippen LogP) is 1.92. The summed E-state index contributed by atoms with van der Waals surface area (Å²) in [5, 5.41) is 2.28. The molecule has 21 heavy (non-hydrogen) atoms. The number of ether oxygens (including phenoxy) is 1. The number of amides is 1. The van der Waals surface area contributed by atoms with Gasteiger partial charge in [0, 0.05) is 33.2 Å². The Kier molecular flexibility index (Phi) is 1.76. The molecule has 5 heteroatoms.